The molecule has 2 amide bonds. The van der Waals surface area contributed by atoms with Crippen LogP contribution in [0.5, 0.6) is 0 Å². The van der Waals surface area contributed by atoms with Crippen molar-refractivity contribution in [2.75, 3.05) is 19.6 Å². The Labute approximate surface area is 227 Å². The smallest absolute Gasteiger partial charge is 0.320 e. The van der Waals surface area contributed by atoms with E-state index in [9.17, 15) is 14.4 Å². The number of nitrogens with zero attached hydrogens (tertiary/aromatic N) is 5. The van der Waals surface area contributed by atoms with Crippen LogP contribution in [0.2, 0.25) is 0 Å². The predicted molar refractivity (Wildman–Crippen MR) is 148 cm³/mol. The van der Waals surface area contributed by atoms with Gasteiger partial charge in [-0.15, -0.1) is 0 Å². The molecule has 1 fully saturated rings. The van der Waals surface area contributed by atoms with E-state index in [0.29, 0.717) is 36.5 Å². The number of amides is 2. The van der Waals surface area contributed by atoms with E-state index >= 15 is 0 Å². The molecule has 0 spiro atoms. The van der Waals surface area contributed by atoms with Gasteiger partial charge in [0, 0.05) is 66.1 Å². The number of benzene rings is 1. The van der Waals surface area contributed by atoms with Gasteiger partial charge in [-0.05, 0) is 49.1 Å². The number of likely N-dealkylation sites (tertiary alicyclic amines) is 1. The van der Waals surface area contributed by atoms with Gasteiger partial charge in [0.25, 0.3) is 0 Å². The first-order chi connectivity index (χ1) is 18.5. The lowest BCUT2D eigenvalue weighted by atomic mass is 9.98. The van der Waals surface area contributed by atoms with E-state index in [0.717, 1.165) is 58.1 Å². The maximum Gasteiger partial charge on any atom is 0.320 e. The van der Waals surface area contributed by atoms with E-state index in [1.165, 1.54) is 6.42 Å². The molecule has 7 rings (SSSR count). The summed E-state index contributed by atoms with van der Waals surface area (Å²) in [5.74, 6) is -0.354. The van der Waals surface area contributed by atoms with Crippen LogP contribution < -0.4 is 0 Å². The van der Waals surface area contributed by atoms with Gasteiger partial charge in [-0.25, -0.2) is 9.78 Å². The number of allylic oxidation sites excluding steroid dienone is 2. The summed E-state index contributed by atoms with van der Waals surface area (Å²) < 4.78 is 4.88. The number of hydrogen-bond donors (Lipinski definition) is 0. The summed E-state index contributed by atoms with van der Waals surface area (Å²) >= 11 is 3.67. The molecule has 3 aromatic heterocycles. The van der Waals surface area contributed by atoms with Crippen LogP contribution in [-0.4, -0.2) is 61.0 Å². The van der Waals surface area contributed by atoms with Crippen molar-refractivity contribution >= 4 is 61.2 Å². The van der Waals surface area contributed by atoms with Gasteiger partial charge in [0.15, 0.2) is 11.6 Å². The molecule has 0 radical (unpaired) electrons. The van der Waals surface area contributed by atoms with Crippen molar-refractivity contribution in [3.8, 4) is 0 Å². The van der Waals surface area contributed by atoms with Crippen molar-refractivity contribution in [1.82, 2.24) is 23.8 Å². The molecule has 5 heterocycles. The van der Waals surface area contributed by atoms with Gasteiger partial charge in [-0.1, -0.05) is 22.0 Å². The summed E-state index contributed by atoms with van der Waals surface area (Å²) in [7, 11) is 0. The zero-order chi connectivity index (χ0) is 26.0. The third-order valence-electron chi connectivity index (χ3n) is 7.96. The maximum atomic E-state index is 13.4. The standard InChI is InChI=1S/C29H26BrN5O3/c30-19-12-18-16-34(29(38)32-7-3-1-4-8-32)11-10-33-17-21(20(13-19)28(18)33)26-23(36)14-24(37)27(26)22-15-31-25-6-2-5-9-35(22)25/h2,5-6,9,12-13,15,17H,1,3-4,7-8,10-11,14,16H2. The second-order valence-corrected chi connectivity index (χ2v) is 11.2. The van der Waals surface area contributed by atoms with Crippen molar-refractivity contribution in [2.24, 2.45) is 0 Å². The second kappa shape index (κ2) is 8.94. The molecular formula is C29H26BrN5O3. The summed E-state index contributed by atoms with van der Waals surface area (Å²) in [5, 5.41) is 0.908. The number of rotatable bonds is 2. The minimum atomic E-state index is -0.183. The number of halogens is 1. The summed E-state index contributed by atoms with van der Waals surface area (Å²) in [6.45, 7) is 3.33. The van der Waals surface area contributed by atoms with E-state index in [4.69, 9.17) is 0 Å². The molecule has 8 nitrogen and oxygen atoms in total. The third-order valence-corrected chi connectivity index (χ3v) is 8.41. The predicted octanol–water partition coefficient (Wildman–Crippen LogP) is 4.93. The Morgan fingerprint density at radius 3 is 2.58 bits per heavy atom. The Kier molecular flexibility index (Phi) is 5.51. The molecule has 192 valence electrons. The fourth-order valence-electron chi connectivity index (χ4n) is 6.22. The van der Waals surface area contributed by atoms with Crippen molar-refractivity contribution in [3.63, 3.8) is 0 Å². The SMILES string of the molecule is O=C1CC(=O)C(c2cnc3ccccn23)=C1c1cn2c3c(cc(Br)cc13)CN(C(=O)N1CCCCC1)CC2. The highest BCUT2D eigenvalue weighted by Gasteiger charge is 2.36. The van der Waals surface area contributed by atoms with Gasteiger partial charge < -0.3 is 14.4 Å². The fraction of sp³-hybridized carbons (Fsp3) is 0.310. The van der Waals surface area contributed by atoms with Crippen LogP contribution in [0.4, 0.5) is 4.79 Å². The molecule has 2 aliphatic heterocycles. The molecule has 0 atom stereocenters. The number of Topliss-reactive ketones (excluding diaryl/α,β-unsaturated/α-hetero) is 2. The van der Waals surface area contributed by atoms with E-state index in [1.54, 1.807) is 6.20 Å². The van der Waals surface area contributed by atoms with Crippen molar-refractivity contribution in [1.29, 1.82) is 0 Å². The van der Waals surface area contributed by atoms with Crippen LogP contribution in [0, 0.1) is 0 Å². The molecular weight excluding hydrogens is 546 g/mol. The molecule has 1 saturated heterocycles. The van der Waals surface area contributed by atoms with Crippen LogP contribution in [0.1, 0.15) is 42.5 Å². The molecule has 1 aliphatic carbocycles. The molecule has 0 unspecified atom stereocenters. The van der Waals surface area contributed by atoms with Crippen LogP contribution >= 0.6 is 15.9 Å². The number of aromatic nitrogens is 3. The third kappa shape index (κ3) is 3.63. The lowest BCUT2D eigenvalue weighted by Gasteiger charge is -2.32. The fourth-order valence-corrected chi connectivity index (χ4v) is 6.73. The Morgan fingerprint density at radius 1 is 0.921 bits per heavy atom. The summed E-state index contributed by atoms with van der Waals surface area (Å²) in [5.41, 5.74) is 5.03. The van der Waals surface area contributed by atoms with Crippen LogP contribution in [0.25, 0.3) is 27.7 Å². The zero-order valence-corrected chi connectivity index (χ0v) is 22.4. The topological polar surface area (TPSA) is 79.9 Å². The first-order valence-electron chi connectivity index (χ1n) is 13.1. The number of carbonyl (C=O) groups is 3. The summed E-state index contributed by atoms with van der Waals surface area (Å²) in [6.07, 6.45) is 8.68. The van der Waals surface area contributed by atoms with E-state index < -0.39 is 0 Å². The zero-order valence-electron chi connectivity index (χ0n) is 20.8. The number of hydrogen-bond acceptors (Lipinski definition) is 4. The highest BCUT2D eigenvalue weighted by molar-refractivity contribution is 9.10. The summed E-state index contributed by atoms with van der Waals surface area (Å²) in [4.78, 5) is 48.3. The number of pyridine rings is 1. The highest BCUT2D eigenvalue weighted by atomic mass is 79.9. The minimum Gasteiger partial charge on any atom is -0.345 e. The molecule has 1 aromatic carbocycles. The number of ketones is 2. The molecule has 38 heavy (non-hydrogen) atoms. The number of urea groups is 1. The number of fused-ring (bicyclic) bond motifs is 1. The molecule has 3 aliphatic rings. The molecule has 0 N–H and O–H groups in total. The Morgan fingerprint density at radius 2 is 1.74 bits per heavy atom. The van der Waals surface area contributed by atoms with Gasteiger partial charge in [-0.3, -0.25) is 14.0 Å². The first-order valence-corrected chi connectivity index (χ1v) is 13.9. The second-order valence-electron chi connectivity index (χ2n) is 10.3. The van der Waals surface area contributed by atoms with Gasteiger partial charge >= 0.3 is 6.03 Å². The van der Waals surface area contributed by atoms with Gasteiger partial charge in [0.05, 0.1) is 29.4 Å². The quantitative estimate of drug-likeness (QED) is 0.320. The maximum absolute atomic E-state index is 13.4. The molecule has 0 saturated carbocycles. The normalized spacial score (nSPS) is 18.2. The highest BCUT2D eigenvalue weighted by Crippen LogP contribution is 2.41. The number of piperidine rings is 1. The van der Waals surface area contributed by atoms with Gasteiger partial charge in [0.1, 0.15) is 5.65 Å². The van der Waals surface area contributed by atoms with E-state index in [-0.39, 0.29) is 24.0 Å². The number of imidazole rings is 1. The first kappa shape index (κ1) is 23.4. The van der Waals surface area contributed by atoms with Gasteiger partial charge in [-0.2, -0.15) is 0 Å². The van der Waals surface area contributed by atoms with E-state index in [2.05, 4.69) is 31.5 Å². The Bertz CT molecular complexity index is 1690. The Hall–Kier alpha value is -3.72. The molecule has 0 bridgehead atoms. The van der Waals surface area contributed by atoms with Crippen molar-refractivity contribution in [2.45, 2.75) is 38.8 Å². The summed E-state index contributed by atoms with van der Waals surface area (Å²) in [6, 6.07) is 9.83. The van der Waals surface area contributed by atoms with Crippen LogP contribution in [-0.2, 0) is 22.7 Å². The number of carbonyl (C=O) groups excluding carboxylic acids is 3. The van der Waals surface area contributed by atoms with Crippen LogP contribution in [0.15, 0.2) is 53.4 Å². The lowest BCUT2D eigenvalue weighted by molar-refractivity contribution is -0.119. The van der Waals surface area contributed by atoms with Crippen LogP contribution in [0.3, 0.4) is 0 Å². The minimum absolute atomic E-state index is 0.0953. The average molecular weight is 572 g/mol. The van der Waals surface area contributed by atoms with Crippen molar-refractivity contribution < 1.29 is 14.4 Å². The Balaban J connectivity index is 1.37. The molecule has 9 heteroatoms. The molecule has 4 aromatic rings. The largest absolute Gasteiger partial charge is 0.345 e. The van der Waals surface area contributed by atoms with Crippen molar-refractivity contribution in [3.05, 3.63) is 70.2 Å². The monoisotopic (exact) mass is 571 g/mol. The average Bonchev–Trinajstić information content (AvgIpc) is 3.54. The van der Waals surface area contributed by atoms with Gasteiger partial charge in [0.2, 0.25) is 0 Å². The lowest BCUT2D eigenvalue weighted by Crippen LogP contribution is -2.45. The van der Waals surface area contributed by atoms with E-state index in [1.807, 2.05) is 50.9 Å².